The maximum Gasteiger partial charge on any atom is 0.348 e. The number of aliphatic hydroxyl groups is 2. The van der Waals surface area contributed by atoms with E-state index in [2.05, 4.69) is 0 Å². The van der Waals surface area contributed by atoms with Gasteiger partial charge in [-0.2, -0.15) is 0 Å². The molecule has 216 valence electrons. The Kier molecular flexibility index (Phi) is 10.6. The largest absolute Gasteiger partial charge is 0.462 e. The first-order chi connectivity index (χ1) is 17.6. The van der Waals surface area contributed by atoms with Crippen LogP contribution in [0.2, 0.25) is 0 Å². The van der Waals surface area contributed by atoms with Gasteiger partial charge in [-0.15, -0.1) is 11.6 Å². The third kappa shape index (κ3) is 6.98. The molecule has 12 heteroatoms. The van der Waals surface area contributed by atoms with Crippen LogP contribution >= 0.6 is 11.6 Å². The van der Waals surface area contributed by atoms with Crippen molar-refractivity contribution < 1.29 is 53.1 Å². The van der Waals surface area contributed by atoms with Crippen molar-refractivity contribution in [1.29, 1.82) is 0 Å². The SMILES string of the molecule is CC(=O)O[C@H]1C[C@]2(O)C(COC(=O)C(OC(=O)CC(C)C)C(C)C)=CO[C@@H](OC(=O)C(C)C)[C@@H]2[C@]1(O)CCl. The van der Waals surface area contributed by atoms with E-state index in [4.69, 9.17) is 35.3 Å². The highest BCUT2D eigenvalue weighted by atomic mass is 35.5. The van der Waals surface area contributed by atoms with Gasteiger partial charge in [-0.1, -0.05) is 41.5 Å². The van der Waals surface area contributed by atoms with Crippen LogP contribution < -0.4 is 0 Å². The van der Waals surface area contributed by atoms with Gasteiger partial charge in [0.15, 0.2) is 0 Å². The Labute approximate surface area is 227 Å². The quantitative estimate of drug-likeness (QED) is 0.216. The molecule has 2 rings (SSSR count). The summed E-state index contributed by atoms with van der Waals surface area (Å²) < 4.78 is 27.0. The van der Waals surface area contributed by atoms with Crippen LogP contribution in [0.25, 0.3) is 0 Å². The maximum atomic E-state index is 12.9. The Hall–Kier alpha value is -2.37. The minimum Gasteiger partial charge on any atom is -0.462 e. The van der Waals surface area contributed by atoms with Crippen molar-refractivity contribution in [3.05, 3.63) is 11.8 Å². The number of ether oxygens (including phenoxy) is 5. The number of halogens is 1. The highest BCUT2D eigenvalue weighted by molar-refractivity contribution is 6.18. The Morgan fingerprint density at radius 2 is 1.71 bits per heavy atom. The van der Waals surface area contributed by atoms with Gasteiger partial charge >= 0.3 is 23.9 Å². The summed E-state index contributed by atoms with van der Waals surface area (Å²) in [4.78, 5) is 49.1. The van der Waals surface area contributed by atoms with Crippen molar-refractivity contribution in [2.24, 2.45) is 23.7 Å². The highest BCUT2D eigenvalue weighted by Gasteiger charge is 2.69. The minimum absolute atomic E-state index is 0.0157. The lowest BCUT2D eigenvalue weighted by atomic mass is 9.77. The molecule has 1 aliphatic carbocycles. The Bertz CT molecular complexity index is 930. The molecule has 0 aromatic heterocycles. The summed E-state index contributed by atoms with van der Waals surface area (Å²) >= 11 is 6.11. The van der Waals surface area contributed by atoms with Crippen molar-refractivity contribution in [2.45, 2.75) is 91.0 Å². The number of hydrogen-bond donors (Lipinski definition) is 2. The molecule has 1 unspecified atom stereocenters. The van der Waals surface area contributed by atoms with Crippen LogP contribution in [0.5, 0.6) is 0 Å². The number of carbonyl (C=O) groups is 4. The molecule has 2 N–H and O–H groups in total. The third-order valence-electron chi connectivity index (χ3n) is 6.55. The van der Waals surface area contributed by atoms with Crippen LogP contribution in [0.1, 0.15) is 61.3 Å². The van der Waals surface area contributed by atoms with E-state index >= 15 is 0 Å². The van der Waals surface area contributed by atoms with Crippen molar-refractivity contribution >= 4 is 35.5 Å². The number of fused-ring (bicyclic) bond motifs is 1. The molecule has 0 bridgehead atoms. The summed E-state index contributed by atoms with van der Waals surface area (Å²) in [5.41, 5.74) is -4.03. The minimum atomic E-state index is -2.06. The molecule has 1 heterocycles. The summed E-state index contributed by atoms with van der Waals surface area (Å²) in [6.07, 6.45) is -3.06. The second-order valence-corrected chi connectivity index (χ2v) is 11.2. The summed E-state index contributed by atoms with van der Waals surface area (Å²) in [6.45, 7) is 10.9. The van der Waals surface area contributed by atoms with E-state index in [1.54, 1.807) is 27.7 Å². The molecule has 38 heavy (non-hydrogen) atoms. The summed E-state index contributed by atoms with van der Waals surface area (Å²) in [5, 5.41) is 23.3. The van der Waals surface area contributed by atoms with Crippen LogP contribution in [0.3, 0.4) is 0 Å². The fraction of sp³-hybridized carbons (Fsp3) is 0.769. The molecule has 1 saturated carbocycles. The second-order valence-electron chi connectivity index (χ2n) is 10.9. The lowest BCUT2D eigenvalue weighted by Crippen LogP contribution is -2.58. The molecule has 1 fully saturated rings. The van der Waals surface area contributed by atoms with E-state index in [0.717, 1.165) is 13.2 Å². The molecular weight excluding hydrogens is 524 g/mol. The molecule has 0 saturated heterocycles. The Morgan fingerprint density at radius 3 is 2.21 bits per heavy atom. The van der Waals surface area contributed by atoms with E-state index in [0.29, 0.717) is 0 Å². The van der Waals surface area contributed by atoms with Crippen molar-refractivity contribution in [1.82, 2.24) is 0 Å². The number of alkyl halides is 1. The van der Waals surface area contributed by atoms with E-state index in [-0.39, 0.29) is 24.3 Å². The molecule has 0 aromatic carbocycles. The van der Waals surface area contributed by atoms with E-state index in [1.807, 2.05) is 13.8 Å². The van der Waals surface area contributed by atoms with Gasteiger partial charge in [0.25, 0.3) is 6.29 Å². The predicted molar refractivity (Wildman–Crippen MR) is 133 cm³/mol. The zero-order valence-electron chi connectivity index (χ0n) is 22.9. The lowest BCUT2D eigenvalue weighted by molar-refractivity contribution is -0.230. The normalized spacial score (nSPS) is 29.3. The molecule has 0 radical (unpaired) electrons. The van der Waals surface area contributed by atoms with Gasteiger partial charge in [-0.3, -0.25) is 14.4 Å². The van der Waals surface area contributed by atoms with Crippen LogP contribution in [0, 0.1) is 23.7 Å². The van der Waals surface area contributed by atoms with Crippen LogP contribution in [-0.4, -0.2) is 76.3 Å². The van der Waals surface area contributed by atoms with Gasteiger partial charge < -0.3 is 33.9 Å². The molecule has 11 nitrogen and oxygen atoms in total. The zero-order chi connectivity index (χ0) is 29.0. The third-order valence-corrected chi connectivity index (χ3v) is 6.98. The highest BCUT2D eigenvalue weighted by Crippen LogP contribution is 2.53. The second kappa shape index (κ2) is 12.7. The predicted octanol–water partition coefficient (Wildman–Crippen LogP) is 2.24. The number of carbonyl (C=O) groups excluding carboxylic acids is 4. The fourth-order valence-corrected chi connectivity index (χ4v) is 4.89. The van der Waals surface area contributed by atoms with Crippen LogP contribution in [0.15, 0.2) is 11.8 Å². The first-order valence-electron chi connectivity index (χ1n) is 12.7. The zero-order valence-corrected chi connectivity index (χ0v) is 23.6. The van der Waals surface area contributed by atoms with E-state index in [9.17, 15) is 29.4 Å². The molecule has 2 aliphatic rings. The molecule has 0 amide bonds. The van der Waals surface area contributed by atoms with Gasteiger partial charge in [-0.05, 0) is 5.92 Å². The topological polar surface area (TPSA) is 155 Å². The van der Waals surface area contributed by atoms with Crippen molar-refractivity contribution in [3.63, 3.8) is 0 Å². The Balaban J connectivity index is 2.34. The Morgan fingerprint density at radius 1 is 1.08 bits per heavy atom. The van der Waals surface area contributed by atoms with Gasteiger partial charge in [-0.25, -0.2) is 4.79 Å². The van der Waals surface area contributed by atoms with Gasteiger partial charge in [0, 0.05) is 31.3 Å². The molecule has 0 spiro atoms. The molecule has 6 atom stereocenters. The summed E-state index contributed by atoms with van der Waals surface area (Å²) in [5.74, 6) is -5.55. The van der Waals surface area contributed by atoms with Crippen molar-refractivity contribution in [3.8, 4) is 0 Å². The summed E-state index contributed by atoms with van der Waals surface area (Å²) in [7, 11) is 0. The first kappa shape index (κ1) is 31.8. The average Bonchev–Trinajstić information content (AvgIpc) is 3.02. The van der Waals surface area contributed by atoms with Gasteiger partial charge in [0.2, 0.25) is 6.10 Å². The van der Waals surface area contributed by atoms with Crippen molar-refractivity contribution in [2.75, 3.05) is 12.5 Å². The average molecular weight is 563 g/mol. The van der Waals surface area contributed by atoms with Crippen LogP contribution in [0.4, 0.5) is 0 Å². The van der Waals surface area contributed by atoms with Gasteiger partial charge in [0.05, 0.1) is 24.0 Å². The number of esters is 4. The smallest absolute Gasteiger partial charge is 0.348 e. The lowest BCUT2D eigenvalue weighted by Gasteiger charge is -2.43. The summed E-state index contributed by atoms with van der Waals surface area (Å²) in [6, 6.07) is 0. The first-order valence-corrected chi connectivity index (χ1v) is 13.2. The van der Waals surface area contributed by atoms with E-state index < -0.39 is 83.8 Å². The monoisotopic (exact) mass is 562 g/mol. The molecule has 1 aliphatic heterocycles. The fourth-order valence-electron chi connectivity index (χ4n) is 4.55. The molecule has 0 aromatic rings. The maximum absolute atomic E-state index is 12.9. The van der Waals surface area contributed by atoms with Crippen LogP contribution in [-0.2, 0) is 42.9 Å². The van der Waals surface area contributed by atoms with E-state index in [1.165, 1.54) is 0 Å². The number of hydrogen-bond acceptors (Lipinski definition) is 11. The standard InChI is InChI=1S/C26H39ClO11/c1-13(2)8-19(29)37-20(14(3)4)23(31)34-10-17-11-35-24(38-22(30)15(5)6)21-25(17,32)9-18(36-16(7)28)26(21,33)12-27/h11,13-15,18,20-21,24,32-33H,8-10,12H2,1-7H3/t18-,20?,21-,24-,25-,26-/m0/s1. The molecular formula is C26H39ClO11. The van der Waals surface area contributed by atoms with Gasteiger partial charge in [0.1, 0.15) is 23.9 Å². The number of rotatable bonds is 11.